The van der Waals surface area contributed by atoms with E-state index in [1.807, 2.05) is 20.8 Å². The van der Waals surface area contributed by atoms with Gasteiger partial charge in [-0.25, -0.2) is 0 Å². The van der Waals surface area contributed by atoms with Crippen molar-refractivity contribution in [2.45, 2.75) is 46.6 Å². The number of ether oxygens (including phenoxy) is 1. The largest absolute Gasteiger partial charge is 0.537 e. The van der Waals surface area contributed by atoms with Crippen molar-refractivity contribution in [3.63, 3.8) is 0 Å². The zero-order chi connectivity index (χ0) is 33.1. The molecule has 2 aromatic carbocycles. The average Bonchev–Trinajstić information content (AvgIpc) is 3.34. The fourth-order valence-electron chi connectivity index (χ4n) is 5.75. The number of hydrogen-bond donors (Lipinski definition) is 4. The van der Waals surface area contributed by atoms with Crippen molar-refractivity contribution in [3.05, 3.63) is 53.6 Å². The number of rotatable bonds is 16. The van der Waals surface area contributed by atoms with Crippen LogP contribution in [0.3, 0.4) is 0 Å². The number of anilines is 2. The van der Waals surface area contributed by atoms with E-state index in [1.54, 1.807) is 43.3 Å². The van der Waals surface area contributed by atoms with Crippen LogP contribution in [0.4, 0.5) is 11.4 Å². The summed E-state index contributed by atoms with van der Waals surface area (Å²) in [6.45, 7) is 8.79. The molecule has 0 saturated heterocycles. The number of carbonyl (C=O) groups is 5. The van der Waals surface area contributed by atoms with Gasteiger partial charge in [-0.3, -0.25) is 24.0 Å². The van der Waals surface area contributed by atoms with Crippen molar-refractivity contribution >= 4 is 55.5 Å². The highest BCUT2D eigenvalue weighted by Gasteiger charge is 2.51. The first-order valence-electron chi connectivity index (χ1n) is 14.8. The molecule has 0 spiro atoms. The van der Waals surface area contributed by atoms with E-state index in [-0.39, 0.29) is 24.1 Å². The van der Waals surface area contributed by atoms with E-state index in [4.69, 9.17) is 18.0 Å². The SMILES string of the molecule is CCO[Si](OCC)(OCC)c1ccc(NC(=O)c2cc(C)cc(NC(=O)C3C(OC=O)CC(C(=O)NC)C3CC(=O)O)c2)cc1. The van der Waals surface area contributed by atoms with Crippen LogP contribution in [0.5, 0.6) is 0 Å². The fourth-order valence-corrected chi connectivity index (χ4v) is 8.21. The van der Waals surface area contributed by atoms with Crippen LogP contribution >= 0.6 is 0 Å². The van der Waals surface area contributed by atoms with Crippen LogP contribution in [-0.4, -0.2) is 77.0 Å². The number of aliphatic carboxylic acids is 1. The molecule has 1 fully saturated rings. The number of nitrogens with one attached hydrogen (secondary N) is 3. The van der Waals surface area contributed by atoms with Crippen molar-refractivity contribution < 1.29 is 47.1 Å². The summed E-state index contributed by atoms with van der Waals surface area (Å²) in [4.78, 5) is 62.1. The topological polar surface area (TPSA) is 179 Å². The van der Waals surface area contributed by atoms with E-state index in [2.05, 4.69) is 16.0 Å². The number of aryl methyl sites for hydroxylation is 1. The summed E-state index contributed by atoms with van der Waals surface area (Å²) in [5.74, 6) is -5.57. The molecule has 2 aromatic rings. The number of hydrogen-bond acceptors (Lipinski definition) is 9. The van der Waals surface area contributed by atoms with E-state index < -0.39 is 62.8 Å². The summed E-state index contributed by atoms with van der Waals surface area (Å²) >= 11 is 0. The van der Waals surface area contributed by atoms with Crippen LogP contribution < -0.4 is 21.1 Å². The highest BCUT2D eigenvalue weighted by atomic mass is 28.4. The number of carboxylic acid groups (broad SMARTS) is 1. The normalized spacial score (nSPS) is 19.4. The quantitative estimate of drug-likeness (QED) is 0.157. The van der Waals surface area contributed by atoms with Crippen molar-refractivity contribution in [2.75, 3.05) is 37.5 Å². The van der Waals surface area contributed by atoms with E-state index >= 15 is 0 Å². The summed E-state index contributed by atoms with van der Waals surface area (Å²) in [6, 6.07) is 11.8. The Labute approximate surface area is 263 Å². The van der Waals surface area contributed by atoms with E-state index in [1.165, 1.54) is 13.1 Å². The molecule has 0 aliphatic heterocycles. The number of amides is 3. The minimum atomic E-state index is -3.11. The van der Waals surface area contributed by atoms with Gasteiger partial charge in [-0.1, -0.05) is 12.1 Å². The van der Waals surface area contributed by atoms with Crippen molar-refractivity contribution in [3.8, 4) is 0 Å². The molecule has 1 aliphatic carbocycles. The average molecular weight is 644 g/mol. The van der Waals surface area contributed by atoms with Gasteiger partial charge < -0.3 is 39.1 Å². The molecule has 14 heteroatoms. The predicted molar refractivity (Wildman–Crippen MR) is 167 cm³/mol. The van der Waals surface area contributed by atoms with Gasteiger partial charge in [0.1, 0.15) is 6.10 Å². The molecule has 13 nitrogen and oxygen atoms in total. The fraction of sp³-hybridized carbons (Fsp3) is 0.452. The molecule has 4 N–H and O–H groups in total. The van der Waals surface area contributed by atoms with Gasteiger partial charge in [-0.05, 0) is 75.9 Å². The third kappa shape index (κ3) is 8.75. The van der Waals surface area contributed by atoms with E-state index in [9.17, 15) is 29.1 Å². The Balaban J connectivity index is 1.82. The molecule has 244 valence electrons. The first kappa shape index (κ1) is 35.4. The van der Waals surface area contributed by atoms with Crippen LogP contribution in [0.25, 0.3) is 0 Å². The Bertz CT molecular complexity index is 1350. The van der Waals surface area contributed by atoms with Gasteiger partial charge in [0.2, 0.25) is 11.8 Å². The van der Waals surface area contributed by atoms with Crippen LogP contribution in [0.15, 0.2) is 42.5 Å². The molecular formula is C31H41N3O10Si. The lowest BCUT2D eigenvalue weighted by molar-refractivity contribution is -0.140. The third-order valence-electron chi connectivity index (χ3n) is 7.50. The monoisotopic (exact) mass is 643 g/mol. The maximum atomic E-state index is 13.5. The molecule has 0 bridgehead atoms. The minimum absolute atomic E-state index is 0.00196. The maximum absolute atomic E-state index is 13.5. The molecule has 0 aromatic heterocycles. The molecule has 0 heterocycles. The van der Waals surface area contributed by atoms with Gasteiger partial charge in [0, 0.05) is 61.3 Å². The van der Waals surface area contributed by atoms with E-state index in [0.717, 1.165) is 5.19 Å². The van der Waals surface area contributed by atoms with Crippen LogP contribution in [-0.2, 0) is 37.2 Å². The summed E-state index contributed by atoms with van der Waals surface area (Å²) in [7, 11) is -1.70. The minimum Gasteiger partial charge on any atom is -0.481 e. The van der Waals surface area contributed by atoms with Gasteiger partial charge in [-0.2, -0.15) is 0 Å². The Morgan fingerprint density at radius 3 is 2.07 bits per heavy atom. The zero-order valence-electron chi connectivity index (χ0n) is 26.1. The number of carbonyl (C=O) groups excluding carboxylic acids is 4. The smallest absolute Gasteiger partial charge is 0.481 e. The molecular weight excluding hydrogens is 602 g/mol. The highest BCUT2D eigenvalue weighted by Crippen LogP contribution is 2.42. The van der Waals surface area contributed by atoms with Gasteiger partial charge in [0.25, 0.3) is 12.4 Å². The first-order chi connectivity index (χ1) is 21.5. The first-order valence-corrected chi connectivity index (χ1v) is 16.5. The lowest BCUT2D eigenvalue weighted by atomic mass is 9.85. The lowest BCUT2D eigenvalue weighted by Gasteiger charge is -2.28. The molecule has 3 amide bonds. The van der Waals surface area contributed by atoms with Crippen LogP contribution in [0.2, 0.25) is 0 Å². The van der Waals surface area contributed by atoms with Crippen molar-refractivity contribution in [2.24, 2.45) is 17.8 Å². The Kier molecular flexibility index (Phi) is 12.8. The Morgan fingerprint density at radius 1 is 0.911 bits per heavy atom. The maximum Gasteiger partial charge on any atom is 0.537 e. The van der Waals surface area contributed by atoms with Gasteiger partial charge in [0.05, 0.1) is 5.92 Å². The molecule has 1 saturated carbocycles. The lowest BCUT2D eigenvalue weighted by Crippen LogP contribution is -2.56. The molecule has 4 unspecified atom stereocenters. The summed E-state index contributed by atoms with van der Waals surface area (Å²) < 4.78 is 23.0. The molecule has 4 atom stereocenters. The second-order valence-electron chi connectivity index (χ2n) is 10.5. The Hall–Kier alpha value is -4.11. The van der Waals surface area contributed by atoms with Crippen molar-refractivity contribution in [1.82, 2.24) is 5.32 Å². The molecule has 1 aliphatic rings. The standard InChI is InChI=1S/C31H41N3O10Si/c1-6-42-45(43-7-2,44-8-3)23-11-9-21(10-12-23)33-29(38)20-13-19(4)14-22(15-20)34-31(40)28-24(17-27(36)37)25(30(39)32-5)16-26(28)41-18-35/h9-15,18,24-26,28H,6-8,16-17H2,1-5H3,(H,32,39)(H,33,38)(H,34,40)(H,36,37). The predicted octanol–water partition coefficient (Wildman–Crippen LogP) is 2.46. The molecule has 3 rings (SSSR count). The number of benzene rings is 2. The van der Waals surface area contributed by atoms with Gasteiger partial charge in [-0.15, -0.1) is 0 Å². The summed E-state index contributed by atoms with van der Waals surface area (Å²) in [5, 5.41) is 18.3. The van der Waals surface area contributed by atoms with Crippen molar-refractivity contribution in [1.29, 1.82) is 0 Å². The molecule has 0 radical (unpaired) electrons. The van der Waals surface area contributed by atoms with Crippen LogP contribution in [0.1, 0.15) is 49.5 Å². The van der Waals surface area contributed by atoms with Crippen LogP contribution in [0, 0.1) is 24.7 Å². The summed E-state index contributed by atoms with van der Waals surface area (Å²) in [6.07, 6.45) is -1.48. The Morgan fingerprint density at radius 2 is 1.53 bits per heavy atom. The third-order valence-corrected chi connectivity index (χ3v) is 10.5. The highest BCUT2D eigenvalue weighted by molar-refractivity contribution is 6.75. The van der Waals surface area contributed by atoms with E-state index in [0.29, 0.717) is 31.1 Å². The second-order valence-corrected chi connectivity index (χ2v) is 13.0. The zero-order valence-corrected chi connectivity index (χ0v) is 27.1. The van der Waals surface area contributed by atoms with Gasteiger partial charge >= 0.3 is 14.8 Å². The second kappa shape index (κ2) is 16.3. The van der Waals surface area contributed by atoms with Gasteiger partial charge in [0.15, 0.2) is 0 Å². The molecule has 45 heavy (non-hydrogen) atoms. The number of carboxylic acids is 1. The summed E-state index contributed by atoms with van der Waals surface area (Å²) in [5.41, 5.74) is 1.73.